The third-order valence-corrected chi connectivity index (χ3v) is 4.88. The van der Waals surface area contributed by atoms with Crippen molar-refractivity contribution in [2.75, 3.05) is 6.61 Å². The summed E-state index contributed by atoms with van der Waals surface area (Å²) in [5.41, 5.74) is 3.19. The number of halogens is 1. The smallest absolute Gasteiger partial charge is 0.349 e. The number of hydrogen-bond donors (Lipinski definition) is 1. The highest BCUT2D eigenvalue weighted by atomic mass is 32.1. The van der Waals surface area contributed by atoms with E-state index in [0.29, 0.717) is 10.4 Å². The molecule has 0 aliphatic carbocycles. The lowest BCUT2D eigenvalue weighted by Gasteiger charge is -2.08. The fourth-order valence-corrected chi connectivity index (χ4v) is 3.32. The lowest BCUT2D eigenvalue weighted by molar-refractivity contribution is -0.124. The van der Waals surface area contributed by atoms with Gasteiger partial charge in [0.15, 0.2) is 6.61 Å². The highest BCUT2D eigenvalue weighted by molar-refractivity contribution is 7.12. The van der Waals surface area contributed by atoms with Crippen LogP contribution in [0.3, 0.4) is 0 Å². The highest BCUT2D eigenvalue weighted by Crippen LogP contribution is 2.29. The minimum absolute atomic E-state index is 0.0384. The van der Waals surface area contributed by atoms with Crippen LogP contribution < -0.4 is 5.32 Å². The second kappa shape index (κ2) is 8.60. The summed E-state index contributed by atoms with van der Waals surface area (Å²) in [5, 5.41) is 4.35. The van der Waals surface area contributed by atoms with Gasteiger partial charge in [-0.15, -0.1) is 11.3 Å². The fraction of sp³-hybridized carbons (Fsp3) is 0.143. The zero-order valence-electron chi connectivity index (χ0n) is 14.7. The van der Waals surface area contributed by atoms with Crippen molar-refractivity contribution >= 4 is 23.2 Å². The average molecular weight is 383 g/mol. The van der Waals surface area contributed by atoms with Gasteiger partial charge in [-0.1, -0.05) is 48.0 Å². The Morgan fingerprint density at radius 1 is 1.07 bits per heavy atom. The number of carbonyl (C=O) groups excluding carboxylic acids is 2. The zero-order chi connectivity index (χ0) is 19.2. The third kappa shape index (κ3) is 4.80. The Kier molecular flexibility index (Phi) is 5.98. The van der Waals surface area contributed by atoms with Gasteiger partial charge in [0.05, 0.1) is 0 Å². The number of aryl methyl sites for hydroxylation is 1. The third-order valence-electron chi connectivity index (χ3n) is 3.98. The van der Waals surface area contributed by atoms with Crippen molar-refractivity contribution in [3.8, 4) is 11.1 Å². The van der Waals surface area contributed by atoms with E-state index in [9.17, 15) is 14.0 Å². The summed E-state index contributed by atoms with van der Waals surface area (Å²) < 4.78 is 18.7. The minimum atomic E-state index is -0.554. The molecule has 1 heterocycles. The maximum atomic E-state index is 13.5. The van der Waals surface area contributed by atoms with Crippen molar-refractivity contribution in [2.45, 2.75) is 13.5 Å². The Morgan fingerprint density at radius 3 is 2.56 bits per heavy atom. The lowest BCUT2D eigenvalue weighted by Crippen LogP contribution is -2.28. The normalized spacial score (nSPS) is 10.4. The monoisotopic (exact) mass is 383 g/mol. The highest BCUT2D eigenvalue weighted by Gasteiger charge is 2.17. The number of esters is 1. The van der Waals surface area contributed by atoms with Crippen molar-refractivity contribution in [1.29, 1.82) is 0 Å². The van der Waals surface area contributed by atoms with Gasteiger partial charge in [0.2, 0.25) is 0 Å². The first-order valence-electron chi connectivity index (χ1n) is 8.36. The van der Waals surface area contributed by atoms with Crippen LogP contribution >= 0.6 is 11.3 Å². The summed E-state index contributed by atoms with van der Waals surface area (Å²) >= 11 is 1.26. The largest absolute Gasteiger partial charge is 0.451 e. The minimum Gasteiger partial charge on any atom is -0.451 e. The van der Waals surface area contributed by atoms with E-state index in [1.807, 2.05) is 42.6 Å². The molecule has 6 heteroatoms. The molecule has 0 fully saturated rings. The molecule has 0 spiro atoms. The molecule has 0 radical (unpaired) electrons. The maximum absolute atomic E-state index is 13.5. The summed E-state index contributed by atoms with van der Waals surface area (Å²) in [6.07, 6.45) is 0. The molecule has 27 heavy (non-hydrogen) atoms. The van der Waals surface area contributed by atoms with Gasteiger partial charge in [-0.05, 0) is 30.0 Å². The van der Waals surface area contributed by atoms with Gasteiger partial charge < -0.3 is 10.1 Å². The molecule has 1 N–H and O–H groups in total. The van der Waals surface area contributed by atoms with Crippen LogP contribution in [0.25, 0.3) is 11.1 Å². The summed E-state index contributed by atoms with van der Waals surface area (Å²) in [6, 6.07) is 15.8. The van der Waals surface area contributed by atoms with Crippen LogP contribution in [0.5, 0.6) is 0 Å². The number of hydrogen-bond acceptors (Lipinski definition) is 4. The standard InChI is InChI=1S/C21H18FNO3S/c1-14-6-8-15(9-7-14)17-10-11-27-20(17)21(25)26-13-19(24)23-12-16-4-2-3-5-18(16)22/h2-11H,12-13H2,1H3,(H,23,24). The van der Waals surface area contributed by atoms with Crippen molar-refractivity contribution < 1.29 is 18.7 Å². The van der Waals surface area contributed by atoms with Crippen molar-refractivity contribution in [1.82, 2.24) is 5.32 Å². The zero-order valence-corrected chi connectivity index (χ0v) is 15.5. The van der Waals surface area contributed by atoms with E-state index < -0.39 is 24.3 Å². The van der Waals surface area contributed by atoms with Crippen molar-refractivity contribution in [2.24, 2.45) is 0 Å². The Labute approximate surface area is 160 Å². The second-order valence-corrected chi connectivity index (χ2v) is 6.89. The van der Waals surface area contributed by atoms with Crippen LogP contribution in [-0.2, 0) is 16.1 Å². The van der Waals surface area contributed by atoms with Gasteiger partial charge in [-0.25, -0.2) is 9.18 Å². The quantitative estimate of drug-likeness (QED) is 0.645. The molecule has 3 rings (SSSR count). The van der Waals surface area contributed by atoms with Gasteiger partial charge in [0, 0.05) is 17.7 Å². The van der Waals surface area contributed by atoms with Crippen LogP contribution in [0.1, 0.15) is 20.8 Å². The number of ether oxygens (including phenoxy) is 1. The Balaban J connectivity index is 1.57. The van der Waals surface area contributed by atoms with E-state index in [1.54, 1.807) is 18.2 Å². The molecule has 0 aliphatic rings. The van der Waals surface area contributed by atoms with Crippen LogP contribution in [0.2, 0.25) is 0 Å². The first-order chi connectivity index (χ1) is 13.0. The average Bonchev–Trinajstić information content (AvgIpc) is 3.16. The summed E-state index contributed by atoms with van der Waals surface area (Å²) in [4.78, 5) is 24.7. The van der Waals surface area contributed by atoms with Crippen LogP contribution in [0, 0.1) is 12.7 Å². The molecular weight excluding hydrogens is 365 g/mol. The van der Waals surface area contributed by atoms with Gasteiger partial charge >= 0.3 is 5.97 Å². The molecule has 138 valence electrons. The predicted molar refractivity (Wildman–Crippen MR) is 103 cm³/mol. The molecule has 0 unspecified atom stereocenters. The first-order valence-corrected chi connectivity index (χ1v) is 9.24. The van der Waals surface area contributed by atoms with E-state index in [-0.39, 0.29) is 6.54 Å². The van der Waals surface area contributed by atoms with E-state index in [4.69, 9.17) is 4.74 Å². The van der Waals surface area contributed by atoms with Crippen molar-refractivity contribution in [3.05, 3.63) is 81.8 Å². The molecule has 1 aromatic heterocycles. The molecule has 0 saturated heterocycles. The number of rotatable bonds is 6. The van der Waals surface area contributed by atoms with E-state index in [1.165, 1.54) is 17.4 Å². The van der Waals surface area contributed by atoms with Gasteiger partial charge in [-0.3, -0.25) is 4.79 Å². The van der Waals surface area contributed by atoms with Crippen LogP contribution in [-0.4, -0.2) is 18.5 Å². The molecule has 4 nitrogen and oxygen atoms in total. The Morgan fingerprint density at radius 2 is 1.81 bits per heavy atom. The summed E-state index contributed by atoms with van der Waals surface area (Å²) in [5.74, 6) is -1.43. The van der Waals surface area contributed by atoms with Gasteiger partial charge in [0.1, 0.15) is 10.7 Å². The Hall–Kier alpha value is -2.99. The number of carbonyl (C=O) groups is 2. The van der Waals surface area contributed by atoms with Crippen LogP contribution in [0.4, 0.5) is 4.39 Å². The van der Waals surface area contributed by atoms with Gasteiger partial charge in [-0.2, -0.15) is 0 Å². The molecule has 3 aromatic rings. The topological polar surface area (TPSA) is 55.4 Å². The van der Waals surface area contributed by atoms with E-state index in [0.717, 1.165) is 16.7 Å². The predicted octanol–water partition coefficient (Wildman–Crippen LogP) is 4.34. The molecular formula is C21H18FNO3S. The molecule has 2 aromatic carbocycles. The molecule has 1 amide bonds. The van der Waals surface area contributed by atoms with Crippen LogP contribution in [0.15, 0.2) is 60.0 Å². The number of nitrogens with one attached hydrogen (secondary N) is 1. The fourth-order valence-electron chi connectivity index (χ4n) is 2.51. The number of amides is 1. The maximum Gasteiger partial charge on any atom is 0.349 e. The van der Waals surface area contributed by atoms with E-state index >= 15 is 0 Å². The van der Waals surface area contributed by atoms with Gasteiger partial charge in [0.25, 0.3) is 5.91 Å². The Bertz CT molecular complexity index is 950. The van der Waals surface area contributed by atoms with Crippen molar-refractivity contribution in [3.63, 3.8) is 0 Å². The molecule has 0 bridgehead atoms. The molecule has 0 saturated carbocycles. The summed E-state index contributed by atoms with van der Waals surface area (Å²) in [6.45, 7) is 1.61. The molecule has 0 aliphatic heterocycles. The lowest BCUT2D eigenvalue weighted by atomic mass is 10.1. The van der Waals surface area contributed by atoms with E-state index in [2.05, 4.69) is 5.32 Å². The molecule has 0 atom stereocenters. The number of benzene rings is 2. The summed E-state index contributed by atoms with van der Waals surface area (Å²) in [7, 11) is 0. The SMILES string of the molecule is Cc1ccc(-c2ccsc2C(=O)OCC(=O)NCc2ccccc2F)cc1. The number of thiophene rings is 1. The first kappa shape index (κ1) is 18.8. The second-order valence-electron chi connectivity index (χ2n) is 5.97.